The molecule has 0 amide bonds. The van der Waals surface area contributed by atoms with E-state index in [0.717, 1.165) is 62.7 Å². The molecular formula is C54H44N4. The second-order valence-electron chi connectivity index (χ2n) is 14.9. The Kier molecular flexibility index (Phi) is 10.5. The summed E-state index contributed by atoms with van der Waals surface area (Å²) in [4.78, 5) is 20.1. The van der Waals surface area contributed by atoms with E-state index in [1.165, 1.54) is 32.7 Å². The molecular weight excluding hydrogens is 705 g/mol. The molecule has 4 heteroatoms. The van der Waals surface area contributed by atoms with Gasteiger partial charge in [0.1, 0.15) is 0 Å². The fraction of sp³-hybridized carbons (Fsp3) is 0.111. The first-order chi connectivity index (χ1) is 28.6. The third-order valence-corrected chi connectivity index (χ3v) is 11.2. The zero-order valence-corrected chi connectivity index (χ0v) is 32.8. The van der Waals surface area contributed by atoms with Gasteiger partial charge in [0.25, 0.3) is 0 Å². The zero-order valence-electron chi connectivity index (χ0n) is 32.8. The first kappa shape index (κ1) is 36.6. The van der Waals surface area contributed by atoms with Crippen molar-refractivity contribution in [1.29, 1.82) is 0 Å². The Morgan fingerprint density at radius 2 is 1.17 bits per heavy atom. The van der Waals surface area contributed by atoms with Crippen LogP contribution in [0.25, 0.3) is 60.6 Å². The highest BCUT2D eigenvalue weighted by atomic mass is 14.9. The van der Waals surface area contributed by atoms with Crippen molar-refractivity contribution in [2.75, 3.05) is 0 Å². The van der Waals surface area contributed by atoms with Crippen LogP contribution in [0.15, 0.2) is 204 Å². The average Bonchev–Trinajstić information content (AvgIpc) is 3.29. The van der Waals surface area contributed by atoms with Crippen molar-refractivity contribution in [3.63, 3.8) is 0 Å². The van der Waals surface area contributed by atoms with Gasteiger partial charge in [-0.1, -0.05) is 153 Å². The number of allylic oxidation sites excluding steroid dienone is 4. The molecule has 1 aliphatic rings. The molecule has 6 aromatic carbocycles. The second-order valence-corrected chi connectivity index (χ2v) is 14.9. The number of fused-ring (bicyclic) bond motifs is 2. The standard InChI is InChI=1S/C54H44N4/c1-3-51(46-29-28-42(32-37(46)2)53-23-9-11-31-56-53)58-54(57-36-38-24-26-41(27-25-38)52-22-8-10-30-55-52)45-34-43(49-20-12-16-39-14-4-6-18-47(39)49)33-44(35-45)50-21-13-17-40-15-5-7-19-48(40)50/h4-35,37,46H,3,36H2,1-2H3/b57-54-,58-51+. The van der Waals surface area contributed by atoms with Crippen LogP contribution in [0.3, 0.4) is 0 Å². The molecule has 0 bridgehead atoms. The Balaban J connectivity index is 1.20. The lowest BCUT2D eigenvalue weighted by molar-refractivity contribution is 0.630. The van der Waals surface area contributed by atoms with Gasteiger partial charge in [-0.3, -0.25) is 15.0 Å². The molecule has 4 nitrogen and oxygen atoms in total. The maximum absolute atomic E-state index is 5.57. The summed E-state index contributed by atoms with van der Waals surface area (Å²) in [7, 11) is 0. The number of hydrogen-bond donors (Lipinski definition) is 0. The van der Waals surface area contributed by atoms with Crippen LogP contribution in [0.4, 0.5) is 0 Å². The summed E-state index contributed by atoms with van der Waals surface area (Å²) in [5.74, 6) is 1.09. The molecule has 0 saturated heterocycles. The highest BCUT2D eigenvalue weighted by Crippen LogP contribution is 2.37. The Labute approximate surface area is 340 Å². The lowest BCUT2D eigenvalue weighted by Gasteiger charge is -2.24. The van der Waals surface area contributed by atoms with Crippen LogP contribution >= 0.6 is 0 Å². The number of aromatic nitrogens is 2. The second kappa shape index (κ2) is 16.6. The Morgan fingerprint density at radius 3 is 1.76 bits per heavy atom. The topological polar surface area (TPSA) is 50.5 Å². The SMILES string of the molecule is CC/C(=N\C(=N/Cc1ccc(-c2ccccn2)cc1)c1cc(-c2cccc3ccccc23)cc(-c2cccc3ccccc23)c1)C1C=CC(c2ccccn2)=CC1C. The van der Waals surface area contributed by atoms with E-state index in [9.17, 15) is 0 Å². The molecule has 58 heavy (non-hydrogen) atoms. The predicted octanol–water partition coefficient (Wildman–Crippen LogP) is 13.5. The smallest absolute Gasteiger partial charge is 0.154 e. The molecule has 2 atom stereocenters. The van der Waals surface area contributed by atoms with Gasteiger partial charge in [0.15, 0.2) is 5.84 Å². The van der Waals surface area contributed by atoms with Crippen LogP contribution in [0.2, 0.25) is 0 Å². The van der Waals surface area contributed by atoms with Gasteiger partial charge in [-0.2, -0.15) is 0 Å². The third kappa shape index (κ3) is 7.70. The molecule has 280 valence electrons. The maximum atomic E-state index is 5.57. The van der Waals surface area contributed by atoms with Crippen molar-refractivity contribution in [2.45, 2.75) is 26.8 Å². The highest BCUT2D eigenvalue weighted by Gasteiger charge is 2.23. The van der Waals surface area contributed by atoms with Crippen molar-refractivity contribution in [1.82, 2.24) is 9.97 Å². The number of pyridine rings is 2. The first-order valence-corrected chi connectivity index (χ1v) is 20.2. The van der Waals surface area contributed by atoms with E-state index < -0.39 is 0 Å². The van der Waals surface area contributed by atoms with Crippen molar-refractivity contribution in [3.8, 4) is 33.5 Å². The van der Waals surface area contributed by atoms with E-state index in [1.807, 2.05) is 42.7 Å². The molecule has 0 spiro atoms. The molecule has 2 unspecified atom stereocenters. The fourth-order valence-corrected chi connectivity index (χ4v) is 8.16. The number of benzene rings is 6. The van der Waals surface area contributed by atoms with Gasteiger partial charge in [-0.25, -0.2) is 4.99 Å². The molecule has 9 rings (SSSR count). The zero-order chi connectivity index (χ0) is 39.3. The van der Waals surface area contributed by atoms with Gasteiger partial charge in [-0.05, 0) is 110 Å². The Bertz CT molecular complexity index is 2740. The normalized spacial score (nSPS) is 15.8. The largest absolute Gasteiger partial charge is 0.261 e. The van der Waals surface area contributed by atoms with Gasteiger partial charge >= 0.3 is 0 Å². The van der Waals surface area contributed by atoms with Crippen molar-refractivity contribution in [2.24, 2.45) is 21.8 Å². The van der Waals surface area contributed by atoms with Crippen molar-refractivity contribution >= 4 is 38.7 Å². The minimum atomic E-state index is 0.124. The molecule has 0 N–H and O–H groups in total. The maximum Gasteiger partial charge on any atom is 0.154 e. The van der Waals surface area contributed by atoms with Crippen LogP contribution < -0.4 is 0 Å². The van der Waals surface area contributed by atoms with Gasteiger partial charge in [0, 0.05) is 35.2 Å². The van der Waals surface area contributed by atoms with E-state index in [1.54, 1.807) is 0 Å². The van der Waals surface area contributed by atoms with E-state index in [-0.39, 0.29) is 11.8 Å². The minimum Gasteiger partial charge on any atom is -0.261 e. The van der Waals surface area contributed by atoms with Crippen LogP contribution in [-0.4, -0.2) is 21.5 Å². The summed E-state index contributed by atoms with van der Waals surface area (Å²) in [6.45, 7) is 4.97. The lowest BCUT2D eigenvalue weighted by Crippen LogP contribution is -2.22. The van der Waals surface area contributed by atoms with E-state index >= 15 is 0 Å². The van der Waals surface area contributed by atoms with Crippen LogP contribution in [0.1, 0.15) is 37.1 Å². The number of aliphatic imine (C=N–C) groups is 2. The summed E-state index contributed by atoms with van der Waals surface area (Å²) in [5.41, 5.74) is 12.0. The van der Waals surface area contributed by atoms with E-state index in [4.69, 9.17) is 9.98 Å². The van der Waals surface area contributed by atoms with E-state index in [0.29, 0.717) is 6.54 Å². The molecule has 2 aromatic heterocycles. The van der Waals surface area contributed by atoms with Crippen LogP contribution in [-0.2, 0) is 6.54 Å². The first-order valence-electron chi connectivity index (χ1n) is 20.2. The summed E-state index contributed by atoms with van der Waals surface area (Å²) in [5, 5.41) is 4.85. The van der Waals surface area contributed by atoms with Crippen LogP contribution in [0, 0.1) is 11.8 Å². The minimum absolute atomic E-state index is 0.124. The molecule has 0 radical (unpaired) electrons. The highest BCUT2D eigenvalue weighted by molar-refractivity contribution is 6.10. The number of hydrogen-bond acceptors (Lipinski definition) is 3. The number of rotatable bonds is 9. The molecule has 0 fully saturated rings. The monoisotopic (exact) mass is 748 g/mol. The van der Waals surface area contributed by atoms with Crippen molar-refractivity contribution < 1.29 is 0 Å². The number of nitrogens with zero attached hydrogens (tertiary/aromatic N) is 4. The van der Waals surface area contributed by atoms with Gasteiger partial charge in [-0.15, -0.1) is 0 Å². The Morgan fingerprint density at radius 1 is 0.586 bits per heavy atom. The quantitative estimate of drug-likeness (QED) is 0.109. The predicted molar refractivity (Wildman–Crippen MR) is 244 cm³/mol. The molecule has 0 saturated carbocycles. The van der Waals surface area contributed by atoms with Gasteiger partial charge < -0.3 is 0 Å². The summed E-state index contributed by atoms with van der Waals surface area (Å²) >= 11 is 0. The summed E-state index contributed by atoms with van der Waals surface area (Å²) in [6, 6.07) is 58.0. The summed E-state index contributed by atoms with van der Waals surface area (Å²) in [6.07, 6.45) is 11.3. The Hall–Kier alpha value is -7.04. The molecule has 0 aliphatic heterocycles. The van der Waals surface area contributed by atoms with Gasteiger partial charge in [0.2, 0.25) is 0 Å². The van der Waals surface area contributed by atoms with Crippen molar-refractivity contribution in [3.05, 3.63) is 211 Å². The van der Waals surface area contributed by atoms with Gasteiger partial charge in [0.05, 0.1) is 17.9 Å². The average molecular weight is 749 g/mol. The number of amidine groups is 1. The third-order valence-electron chi connectivity index (χ3n) is 11.2. The molecule has 8 aromatic rings. The fourth-order valence-electron chi connectivity index (χ4n) is 8.16. The molecule has 2 heterocycles. The van der Waals surface area contributed by atoms with E-state index in [2.05, 4.69) is 176 Å². The lowest BCUT2D eigenvalue weighted by atomic mass is 9.82. The summed E-state index contributed by atoms with van der Waals surface area (Å²) < 4.78 is 0. The van der Waals surface area contributed by atoms with Crippen LogP contribution in [0.5, 0.6) is 0 Å². The molecule has 1 aliphatic carbocycles.